The SMILES string of the molecule is CNC(=O)c1ccc(Nc2ncc(-c3nnc(C)o3)c(N)n2)cc1Cl. The Hall–Kier alpha value is -3.20. The highest BCUT2D eigenvalue weighted by molar-refractivity contribution is 6.34. The van der Waals surface area contributed by atoms with Crippen LogP contribution in [0.1, 0.15) is 16.2 Å². The fourth-order valence-corrected chi connectivity index (χ4v) is 2.33. The van der Waals surface area contributed by atoms with Gasteiger partial charge in [0.15, 0.2) is 0 Å². The van der Waals surface area contributed by atoms with E-state index in [4.69, 9.17) is 21.8 Å². The lowest BCUT2D eigenvalue weighted by Crippen LogP contribution is -2.18. The number of carbonyl (C=O) groups excluding carboxylic acids is 1. The van der Waals surface area contributed by atoms with Crippen molar-refractivity contribution in [3.05, 3.63) is 40.9 Å². The van der Waals surface area contributed by atoms with Gasteiger partial charge in [-0.3, -0.25) is 4.79 Å². The highest BCUT2D eigenvalue weighted by Gasteiger charge is 2.13. The molecule has 2 heterocycles. The molecule has 0 aliphatic rings. The van der Waals surface area contributed by atoms with E-state index in [1.165, 1.54) is 13.2 Å². The third-order valence-electron chi connectivity index (χ3n) is 3.27. The molecule has 3 aromatic rings. The quantitative estimate of drug-likeness (QED) is 0.645. The Kier molecular flexibility index (Phi) is 4.48. The van der Waals surface area contributed by atoms with Gasteiger partial charge in [-0.1, -0.05) is 11.6 Å². The number of aromatic nitrogens is 4. The monoisotopic (exact) mass is 359 g/mol. The zero-order valence-corrected chi connectivity index (χ0v) is 14.1. The molecule has 9 nitrogen and oxygen atoms in total. The molecule has 4 N–H and O–H groups in total. The van der Waals surface area contributed by atoms with Crippen molar-refractivity contribution >= 4 is 35.0 Å². The molecule has 10 heteroatoms. The molecule has 0 unspecified atom stereocenters. The summed E-state index contributed by atoms with van der Waals surface area (Å²) < 4.78 is 5.31. The Morgan fingerprint density at radius 2 is 2.12 bits per heavy atom. The molecule has 0 radical (unpaired) electrons. The van der Waals surface area contributed by atoms with Crippen molar-refractivity contribution in [3.63, 3.8) is 0 Å². The Balaban J connectivity index is 1.83. The summed E-state index contributed by atoms with van der Waals surface area (Å²) in [5, 5.41) is 13.4. The van der Waals surface area contributed by atoms with Crippen molar-refractivity contribution in [2.45, 2.75) is 6.92 Å². The van der Waals surface area contributed by atoms with Crippen LogP contribution in [0.25, 0.3) is 11.5 Å². The van der Waals surface area contributed by atoms with Gasteiger partial charge in [-0.05, 0) is 18.2 Å². The van der Waals surface area contributed by atoms with Gasteiger partial charge in [0.25, 0.3) is 11.8 Å². The second-order valence-corrected chi connectivity index (χ2v) is 5.42. The highest BCUT2D eigenvalue weighted by atomic mass is 35.5. The Morgan fingerprint density at radius 1 is 1.32 bits per heavy atom. The maximum Gasteiger partial charge on any atom is 0.253 e. The summed E-state index contributed by atoms with van der Waals surface area (Å²) in [6, 6.07) is 4.88. The number of halogens is 1. The average Bonchev–Trinajstić information content (AvgIpc) is 3.00. The molecular formula is C15H14ClN7O2. The molecule has 0 aliphatic heterocycles. The number of benzene rings is 1. The number of nitrogens with two attached hydrogens (primary N) is 1. The van der Waals surface area contributed by atoms with Gasteiger partial charge in [0, 0.05) is 25.9 Å². The van der Waals surface area contributed by atoms with Crippen molar-refractivity contribution in [2.75, 3.05) is 18.1 Å². The van der Waals surface area contributed by atoms with E-state index in [0.717, 1.165) is 0 Å². The molecule has 0 fully saturated rings. The van der Waals surface area contributed by atoms with Crippen LogP contribution < -0.4 is 16.4 Å². The van der Waals surface area contributed by atoms with Crippen LogP contribution in [0.5, 0.6) is 0 Å². The van der Waals surface area contributed by atoms with Gasteiger partial charge in [-0.25, -0.2) is 4.98 Å². The highest BCUT2D eigenvalue weighted by Crippen LogP contribution is 2.26. The van der Waals surface area contributed by atoms with E-state index in [9.17, 15) is 4.79 Å². The largest absolute Gasteiger partial charge is 0.421 e. The minimum atomic E-state index is -0.267. The molecule has 3 rings (SSSR count). The predicted octanol–water partition coefficient (Wildman–Crippen LogP) is 2.17. The zero-order chi connectivity index (χ0) is 18.0. The zero-order valence-electron chi connectivity index (χ0n) is 13.4. The summed E-state index contributed by atoms with van der Waals surface area (Å²) in [6.45, 7) is 1.68. The number of aryl methyl sites for hydroxylation is 1. The second-order valence-electron chi connectivity index (χ2n) is 5.02. The van der Waals surface area contributed by atoms with Crippen LogP contribution in [-0.4, -0.2) is 33.1 Å². The number of hydrogen-bond donors (Lipinski definition) is 3. The van der Waals surface area contributed by atoms with E-state index in [-0.39, 0.29) is 23.6 Å². The van der Waals surface area contributed by atoms with E-state index < -0.39 is 0 Å². The average molecular weight is 360 g/mol. The third kappa shape index (κ3) is 3.50. The summed E-state index contributed by atoms with van der Waals surface area (Å²) in [4.78, 5) is 20.0. The number of nitrogens with one attached hydrogen (secondary N) is 2. The first-order chi connectivity index (χ1) is 12.0. The van der Waals surface area contributed by atoms with E-state index in [1.54, 1.807) is 25.1 Å². The molecule has 0 bridgehead atoms. The van der Waals surface area contributed by atoms with Gasteiger partial charge in [-0.15, -0.1) is 10.2 Å². The molecule has 0 atom stereocenters. The molecule has 2 aromatic heterocycles. The van der Waals surface area contributed by atoms with Crippen molar-refractivity contribution in [3.8, 4) is 11.5 Å². The van der Waals surface area contributed by atoms with Crippen LogP contribution in [0.4, 0.5) is 17.5 Å². The number of hydrogen-bond acceptors (Lipinski definition) is 8. The van der Waals surface area contributed by atoms with Crippen molar-refractivity contribution < 1.29 is 9.21 Å². The molecule has 0 aliphatic carbocycles. The van der Waals surface area contributed by atoms with Crippen LogP contribution in [0.15, 0.2) is 28.8 Å². The van der Waals surface area contributed by atoms with Gasteiger partial charge in [0.2, 0.25) is 11.8 Å². The summed E-state index contributed by atoms with van der Waals surface area (Å²) in [5.74, 6) is 0.855. The lowest BCUT2D eigenvalue weighted by molar-refractivity contribution is 0.0963. The van der Waals surface area contributed by atoms with Crippen LogP contribution in [0, 0.1) is 6.92 Å². The molecule has 0 saturated carbocycles. The van der Waals surface area contributed by atoms with E-state index in [1.807, 2.05) is 0 Å². The van der Waals surface area contributed by atoms with Crippen molar-refractivity contribution in [1.29, 1.82) is 0 Å². The fourth-order valence-electron chi connectivity index (χ4n) is 2.07. The molecule has 128 valence electrons. The minimum absolute atomic E-state index is 0.189. The number of nitrogen functional groups attached to an aromatic ring is 1. The van der Waals surface area contributed by atoms with Gasteiger partial charge >= 0.3 is 0 Å². The first kappa shape index (κ1) is 16.7. The van der Waals surface area contributed by atoms with E-state index >= 15 is 0 Å². The first-order valence-corrected chi connectivity index (χ1v) is 7.57. The van der Waals surface area contributed by atoms with E-state index in [2.05, 4.69) is 30.8 Å². The first-order valence-electron chi connectivity index (χ1n) is 7.19. The maximum absolute atomic E-state index is 11.6. The topological polar surface area (TPSA) is 132 Å². The van der Waals surface area contributed by atoms with Crippen LogP contribution in [0.2, 0.25) is 5.02 Å². The van der Waals surface area contributed by atoms with Crippen LogP contribution in [0.3, 0.4) is 0 Å². The molecule has 0 spiro atoms. The fraction of sp³-hybridized carbons (Fsp3) is 0.133. The Morgan fingerprint density at radius 3 is 2.72 bits per heavy atom. The smallest absolute Gasteiger partial charge is 0.253 e. The lowest BCUT2D eigenvalue weighted by atomic mass is 10.2. The number of carbonyl (C=O) groups is 1. The van der Waals surface area contributed by atoms with Gasteiger partial charge in [0.05, 0.1) is 16.1 Å². The number of rotatable bonds is 4. The molecule has 0 saturated heterocycles. The van der Waals surface area contributed by atoms with Crippen LogP contribution >= 0.6 is 11.6 Å². The predicted molar refractivity (Wildman–Crippen MR) is 92.6 cm³/mol. The summed E-state index contributed by atoms with van der Waals surface area (Å²) in [7, 11) is 1.54. The summed E-state index contributed by atoms with van der Waals surface area (Å²) in [5.41, 5.74) is 7.36. The Labute approximate surface area is 147 Å². The van der Waals surface area contributed by atoms with Crippen molar-refractivity contribution in [1.82, 2.24) is 25.5 Å². The normalized spacial score (nSPS) is 10.5. The lowest BCUT2D eigenvalue weighted by Gasteiger charge is -2.09. The number of nitrogens with zero attached hydrogens (tertiary/aromatic N) is 4. The van der Waals surface area contributed by atoms with Crippen LogP contribution in [-0.2, 0) is 0 Å². The van der Waals surface area contributed by atoms with Gasteiger partial charge < -0.3 is 20.8 Å². The molecule has 1 amide bonds. The summed E-state index contributed by atoms with van der Waals surface area (Å²) in [6.07, 6.45) is 1.48. The third-order valence-corrected chi connectivity index (χ3v) is 3.58. The Bertz CT molecular complexity index is 941. The summed E-state index contributed by atoms with van der Waals surface area (Å²) >= 11 is 6.11. The van der Waals surface area contributed by atoms with Gasteiger partial charge in [0.1, 0.15) is 5.82 Å². The molecule has 1 aromatic carbocycles. The molecule has 25 heavy (non-hydrogen) atoms. The van der Waals surface area contributed by atoms with Gasteiger partial charge in [-0.2, -0.15) is 4.98 Å². The van der Waals surface area contributed by atoms with Crippen molar-refractivity contribution in [2.24, 2.45) is 0 Å². The number of anilines is 3. The maximum atomic E-state index is 11.6. The standard InChI is InChI=1S/C15H14ClN7O2/c1-7-22-23-14(25-7)10-6-19-15(21-12(10)17)20-8-3-4-9(11(16)5-8)13(24)18-2/h3-6H,1-2H3,(H,18,24)(H3,17,19,20,21). The molecular weight excluding hydrogens is 346 g/mol. The minimum Gasteiger partial charge on any atom is -0.421 e. The second kappa shape index (κ2) is 6.73. The van der Waals surface area contributed by atoms with E-state index in [0.29, 0.717) is 27.7 Å². The number of amides is 1.